The van der Waals surface area contributed by atoms with Crippen LogP contribution in [0.4, 0.5) is 4.39 Å². The first-order valence-corrected chi connectivity index (χ1v) is 9.19. The number of likely N-dealkylation sites (tertiary alicyclic amines) is 1. The highest BCUT2D eigenvalue weighted by atomic mass is 19.1. The zero-order valence-electron chi connectivity index (χ0n) is 14.3. The molecule has 1 aliphatic carbocycles. The number of amides is 1. The molecular weight excluding hydrogens is 319 g/mol. The first-order chi connectivity index (χ1) is 12.2. The molecule has 4 rings (SSSR count). The highest BCUT2D eigenvalue weighted by molar-refractivity contribution is 5.92. The zero-order chi connectivity index (χ0) is 17.2. The normalized spacial score (nSPS) is 20.7. The molecule has 1 saturated heterocycles. The lowest BCUT2D eigenvalue weighted by Crippen LogP contribution is -2.40. The largest absolute Gasteiger partial charge is 0.360 e. The summed E-state index contributed by atoms with van der Waals surface area (Å²) < 4.78 is 18.3. The molecule has 2 aliphatic rings. The van der Waals surface area contributed by atoms with Crippen LogP contribution in [-0.4, -0.2) is 29.1 Å². The SMILES string of the molecule is O=C(c1cc(C2CC2)on1)N1CCC[C@H](CCc2ccc(F)cc2)C1. The highest BCUT2D eigenvalue weighted by Crippen LogP contribution is 2.40. The number of benzene rings is 1. The topological polar surface area (TPSA) is 46.3 Å². The summed E-state index contributed by atoms with van der Waals surface area (Å²) in [5, 5.41) is 3.98. The summed E-state index contributed by atoms with van der Waals surface area (Å²) in [6.07, 6.45) is 6.37. The molecule has 0 unspecified atom stereocenters. The summed E-state index contributed by atoms with van der Waals surface area (Å²) in [6, 6.07) is 8.52. The van der Waals surface area contributed by atoms with Crippen LogP contribution >= 0.6 is 0 Å². The number of aromatic nitrogens is 1. The fourth-order valence-electron chi connectivity index (χ4n) is 3.62. The van der Waals surface area contributed by atoms with Crippen molar-refractivity contribution < 1.29 is 13.7 Å². The van der Waals surface area contributed by atoms with E-state index in [1.165, 1.54) is 12.1 Å². The number of carbonyl (C=O) groups excluding carboxylic acids is 1. The van der Waals surface area contributed by atoms with Crippen molar-refractivity contribution in [2.24, 2.45) is 5.92 Å². The summed E-state index contributed by atoms with van der Waals surface area (Å²) in [6.45, 7) is 1.56. The number of halogens is 1. The summed E-state index contributed by atoms with van der Waals surface area (Å²) >= 11 is 0. The van der Waals surface area contributed by atoms with E-state index in [4.69, 9.17) is 4.52 Å². The van der Waals surface area contributed by atoms with Gasteiger partial charge in [-0.3, -0.25) is 4.79 Å². The van der Waals surface area contributed by atoms with E-state index in [0.29, 0.717) is 17.5 Å². The average molecular weight is 342 g/mol. The fraction of sp³-hybridized carbons (Fsp3) is 0.500. The van der Waals surface area contributed by atoms with Crippen LogP contribution in [0.25, 0.3) is 0 Å². The summed E-state index contributed by atoms with van der Waals surface area (Å²) in [7, 11) is 0. The Morgan fingerprint density at radius 3 is 2.80 bits per heavy atom. The number of hydrogen-bond acceptors (Lipinski definition) is 3. The van der Waals surface area contributed by atoms with Gasteiger partial charge in [-0.25, -0.2) is 4.39 Å². The van der Waals surface area contributed by atoms with E-state index in [2.05, 4.69) is 5.16 Å². The molecule has 2 aromatic rings. The summed E-state index contributed by atoms with van der Waals surface area (Å²) in [5.74, 6) is 1.60. The third-order valence-corrected chi connectivity index (χ3v) is 5.29. The lowest BCUT2D eigenvalue weighted by molar-refractivity contribution is 0.0658. The molecule has 1 atom stereocenters. The van der Waals surface area contributed by atoms with Gasteiger partial charge < -0.3 is 9.42 Å². The molecule has 2 heterocycles. The van der Waals surface area contributed by atoms with Crippen molar-refractivity contribution >= 4 is 5.91 Å². The maximum atomic E-state index is 13.0. The van der Waals surface area contributed by atoms with Crippen LogP contribution in [0, 0.1) is 11.7 Å². The van der Waals surface area contributed by atoms with Crippen LogP contribution in [0.3, 0.4) is 0 Å². The molecule has 0 spiro atoms. The van der Waals surface area contributed by atoms with Crippen LogP contribution in [0.2, 0.25) is 0 Å². The molecular formula is C20H23FN2O2. The minimum absolute atomic E-state index is 0.0119. The molecule has 1 aromatic carbocycles. The first kappa shape index (κ1) is 16.3. The fourth-order valence-corrected chi connectivity index (χ4v) is 3.62. The van der Waals surface area contributed by atoms with Crippen molar-refractivity contribution in [2.45, 2.75) is 44.4 Å². The zero-order valence-corrected chi connectivity index (χ0v) is 14.3. The van der Waals surface area contributed by atoms with Crippen LogP contribution in [-0.2, 0) is 6.42 Å². The average Bonchev–Trinajstić information content (AvgIpc) is 3.38. The van der Waals surface area contributed by atoms with E-state index in [1.54, 1.807) is 0 Å². The quantitative estimate of drug-likeness (QED) is 0.819. The Morgan fingerprint density at radius 1 is 1.24 bits per heavy atom. The number of nitrogens with zero attached hydrogens (tertiary/aromatic N) is 2. The number of hydrogen-bond donors (Lipinski definition) is 0. The van der Waals surface area contributed by atoms with Crippen LogP contribution < -0.4 is 0 Å². The standard InChI is InChI=1S/C20H23FN2O2/c21-17-9-5-14(6-10-17)3-4-15-2-1-11-23(13-15)20(24)18-12-19(25-22-18)16-7-8-16/h5-6,9-10,12,15-16H,1-4,7-8,11,13H2/t15-/m1/s1. The van der Waals surface area contributed by atoms with Crippen molar-refractivity contribution in [1.82, 2.24) is 10.1 Å². The van der Waals surface area contributed by atoms with E-state index in [0.717, 1.165) is 62.9 Å². The molecule has 5 heteroatoms. The molecule has 1 aliphatic heterocycles. The van der Waals surface area contributed by atoms with E-state index in [9.17, 15) is 9.18 Å². The van der Waals surface area contributed by atoms with Crippen molar-refractivity contribution in [2.75, 3.05) is 13.1 Å². The molecule has 1 saturated carbocycles. The third kappa shape index (κ3) is 3.91. The second kappa shape index (κ2) is 6.98. The van der Waals surface area contributed by atoms with E-state index < -0.39 is 0 Å². The van der Waals surface area contributed by atoms with E-state index in [1.807, 2.05) is 23.1 Å². The van der Waals surface area contributed by atoms with Gasteiger partial charge in [-0.1, -0.05) is 17.3 Å². The van der Waals surface area contributed by atoms with Crippen LogP contribution in [0.15, 0.2) is 34.9 Å². The van der Waals surface area contributed by atoms with E-state index >= 15 is 0 Å². The van der Waals surface area contributed by atoms with Crippen LogP contribution in [0.1, 0.15) is 59.8 Å². The van der Waals surface area contributed by atoms with Crippen molar-refractivity contribution in [1.29, 1.82) is 0 Å². The van der Waals surface area contributed by atoms with Gasteiger partial charge in [0.25, 0.3) is 5.91 Å². The lowest BCUT2D eigenvalue weighted by Gasteiger charge is -2.32. The van der Waals surface area contributed by atoms with Crippen molar-refractivity contribution in [3.05, 3.63) is 53.2 Å². The van der Waals surface area contributed by atoms with Gasteiger partial charge in [0, 0.05) is 25.1 Å². The Balaban J connectivity index is 1.33. The molecule has 2 fully saturated rings. The van der Waals surface area contributed by atoms with Crippen molar-refractivity contribution in [3.8, 4) is 0 Å². The van der Waals surface area contributed by atoms with Gasteiger partial charge in [0.2, 0.25) is 0 Å². The molecule has 4 nitrogen and oxygen atoms in total. The van der Waals surface area contributed by atoms with Gasteiger partial charge in [0.1, 0.15) is 11.6 Å². The minimum atomic E-state index is -0.198. The Hall–Kier alpha value is -2.17. The molecule has 0 bridgehead atoms. The molecule has 25 heavy (non-hydrogen) atoms. The highest BCUT2D eigenvalue weighted by Gasteiger charge is 2.31. The predicted molar refractivity (Wildman–Crippen MR) is 91.8 cm³/mol. The first-order valence-electron chi connectivity index (χ1n) is 9.19. The number of piperidine rings is 1. The number of rotatable bonds is 5. The number of carbonyl (C=O) groups is 1. The Labute approximate surface area is 147 Å². The molecule has 1 amide bonds. The van der Waals surface area contributed by atoms with Gasteiger partial charge in [-0.2, -0.15) is 0 Å². The summed E-state index contributed by atoms with van der Waals surface area (Å²) in [4.78, 5) is 14.6. The van der Waals surface area contributed by atoms with Gasteiger partial charge in [0.15, 0.2) is 5.69 Å². The Kier molecular flexibility index (Phi) is 4.55. The minimum Gasteiger partial charge on any atom is -0.360 e. The summed E-state index contributed by atoms with van der Waals surface area (Å²) in [5.41, 5.74) is 1.59. The van der Waals surface area contributed by atoms with Gasteiger partial charge in [-0.15, -0.1) is 0 Å². The molecule has 0 N–H and O–H groups in total. The maximum absolute atomic E-state index is 13.0. The Morgan fingerprint density at radius 2 is 2.04 bits per heavy atom. The lowest BCUT2D eigenvalue weighted by atomic mass is 9.91. The second-order valence-electron chi connectivity index (χ2n) is 7.31. The van der Waals surface area contributed by atoms with Gasteiger partial charge in [-0.05, 0) is 62.1 Å². The predicted octanol–water partition coefficient (Wildman–Crippen LogP) is 4.18. The molecule has 1 aromatic heterocycles. The monoisotopic (exact) mass is 342 g/mol. The van der Waals surface area contributed by atoms with E-state index in [-0.39, 0.29) is 11.7 Å². The number of aryl methyl sites for hydroxylation is 1. The van der Waals surface area contributed by atoms with Gasteiger partial charge >= 0.3 is 0 Å². The maximum Gasteiger partial charge on any atom is 0.276 e. The smallest absolute Gasteiger partial charge is 0.276 e. The molecule has 0 radical (unpaired) electrons. The van der Waals surface area contributed by atoms with Gasteiger partial charge in [0.05, 0.1) is 0 Å². The second-order valence-corrected chi connectivity index (χ2v) is 7.31. The Bertz CT molecular complexity index is 736. The molecule has 132 valence electrons. The third-order valence-electron chi connectivity index (χ3n) is 5.29. The van der Waals surface area contributed by atoms with Crippen LogP contribution in [0.5, 0.6) is 0 Å². The van der Waals surface area contributed by atoms with Crippen molar-refractivity contribution in [3.63, 3.8) is 0 Å².